The standard InChI is InChI=1S/C17H26BNO4/c1-5-6-18-19(9-15(20)22-18,10-16(21)23-18)14-8-12-7-13(11(14)2)17(12,3)4/h5-6,11-14H,7-10H2,1-4H3/b6-5+/t11-,12+,13-,14-,18?,19?/m1/s1. The fourth-order valence-corrected chi connectivity index (χ4v) is 6.27. The van der Waals surface area contributed by atoms with Crippen LogP contribution in [0.2, 0.25) is 0 Å². The van der Waals surface area contributed by atoms with Gasteiger partial charge in [-0.25, -0.2) is 0 Å². The van der Waals surface area contributed by atoms with E-state index in [1.54, 1.807) is 0 Å². The predicted molar refractivity (Wildman–Crippen MR) is 85.7 cm³/mol. The number of fused-ring (bicyclic) bond motifs is 4. The summed E-state index contributed by atoms with van der Waals surface area (Å²) in [5.41, 5.74) is 0.375. The summed E-state index contributed by atoms with van der Waals surface area (Å²) in [6.45, 7) is 7.41. The van der Waals surface area contributed by atoms with E-state index in [0.717, 1.165) is 6.42 Å². The van der Waals surface area contributed by atoms with Crippen molar-refractivity contribution in [1.82, 2.24) is 0 Å². The first-order valence-electron chi connectivity index (χ1n) is 8.84. The first-order valence-corrected chi connectivity index (χ1v) is 8.84. The molecule has 0 aromatic carbocycles. The number of quaternary nitrogens is 1. The number of nitrogens with zero attached hydrogens (tertiary/aromatic N) is 1. The lowest BCUT2D eigenvalue weighted by Gasteiger charge is -2.66. The van der Waals surface area contributed by atoms with Gasteiger partial charge in [0.2, 0.25) is 0 Å². The number of carbonyl (C=O) groups is 2. The van der Waals surface area contributed by atoms with Gasteiger partial charge in [0.25, 0.3) is 0 Å². The van der Waals surface area contributed by atoms with Crippen LogP contribution in [-0.4, -0.2) is 42.2 Å². The molecule has 3 aliphatic carbocycles. The van der Waals surface area contributed by atoms with Gasteiger partial charge in [0, 0.05) is 5.92 Å². The zero-order valence-electron chi connectivity index (χ0n) is 14.5. The van der Waals surface area contributed by atoms with Crippen LogP contribution in [0.3, 0.4) is 0 Å². The largest absolute Gasteiger partial charge is 0.607 e. The van der Waals surface area contributed by atoms with Gasteiger partial charge in [-0.05, 0) is 37.0 Å². The van der Waals surface area contributed by atoms with Crippen LogP contribution < -0.4 is 0 Å². The van der Waals surface area contributed by atoms with Crippen molar-refractivity contribution < 1.29 is 23.3 Å². The molecule has 2 aliphatic heterocycles. The van der Waals surface area contributed by atoms with Gasteiger partial charge in [-0.1, -0.05) is 26.7 Å². The third-order valence-corrected chi connectivity index (χ3v) is 7.57. The zero-order chi connectivity index (χ0) is 16.6. The van der Waals surface area contributed by atoms with E-state index in [-0.39, 0.29) is 31.1 Å². The first kappa shape index (κ1) is 15.2. The molecule has 0 unspecified atom stereocenters. The summed E-state index contributed by atoms with van der Waals surface area (Å²) in [7, 11) is 0. The summed E-state index contributed by atoms with van der Waals surface area (Å²) in [6.07, 6.45) is 4.18. The van der Waals surface area contributed by atoms with Gasteiger partial charge in [0.1, 0.15) is 13.1 Å². The van der Waals surface area contributed by atoms with Crippen LogP contribution in [0, 0.1) is 23.2 Å². The van der Waals surface area contributed by atoms with Crippen molar-refractivity contribution >= 4 is 18.6 Å². The number of rotatable bonds is 2. The second kappa shape index (κ2) is 4.41. The fourth-order valence-electron chi connectivity index (χ4n) is 6.27. The summed E-state index contributed by atoms with van der Waals surface area (Å²) in [5.74, 6) is 3.15. The Bertz CT molecular complexity index is 594. The van der Waals surface area contributed by atoms with E-state index < -0.39 is 6.69 Å². The van der Waals surface area contributed by atoms with Crippen molar-refractivity contribution in [2.45, 2.75) is 46.6 Å². The molecule has 4 atom stereocenters. The van der Waals surface area contributed by atoms with E-state index in [2.05, 4.69) is 20.8 Å². The molecule has 5 rings (SSSR count). The lowest BCUT2D eigenvalue weighted by molar-refractivity contribution is -0.850. The minimum absolute atomic E-state index is 0.235. The van der Waals surface area contributed by atoms with Crippen LogP contribution in [0.5, 0.6) is 0 Å². The number of carbonyl (C=O) groups excluding carboxylic acids is 2. The van der Waals surface area contributed by atoms with E-state index >= 15 is 0 Å². The van der Waals surface area contributed by atoms with Gasteiger partial charge in [0.15, 0.2) is 0 Å². The van der Waals surface area contributed by atoms with Gasteiger partial charge < -0.3 is 13.7 Å². The Morgan fingerprint density at radius 1 is 1.17 bits per heavy atom. The van der Waals surface area contributed by atoms with Crippen molar-refractivity contribution in [3.05, 3.63) is 12.1 Å². The summed E-state index contributed by atoms with van der Waals surface area (Å²) in [6, 6.07) is 0.265. The van der Waals surface area contributed by atoms with E-state index in [1.807, 2.05) is 19.0 Å². The van der Waals surface area contributed by atoms with Crippen molar-refractivity contribution in [2.75, 3.05) is 13.1 Å². The normalized spacial score (nSPS) is 50.4. The summed E-state index contributed by atoms with van der Waals surface area (Å²) >= 11 is 0. The molecular weight excluding hydrogens is 293 g/mol. The Labute approximate surface area is 137 Å². The van der Waals surface area contributed by atoms with Gasteiger partial charge in [-0.3, -0.25) is 9.59 Å². The number of hydrogen-bond acceptors (Lipinski definition) is 4. The molecule has 2 bridgehead atoms. The van der Waals surface area contributed by atoms with Crippen LogP contribution in [0.4, 0.5) is 0 Å². The maximum Gasteiger partial charge on any atom is 0.607 e. The van der Waals surface area contributed by atoms with Gasteiger partial charge in [-0.2, -0.15) is 0 Å². The highest BCUT2D eigenvalue weighted by Gasteiger charge is 2.71. The Morgan fingerprint density at radius 3 is 2.26 bits per heavy atom. The van der Waals surface area contributed by atoms with Crippen molar-refractivity contribution in [3.63, 3.8) is 0 Å². The highest BCUT2D eigenvalue weighted by molar-refractivity contribution is 6.71. The van der Waals surface area contributed by atoms with Crippen molar-refractivity contribution in [3.8, 4) is 0 Å². The quantitative estimate of drug-likeness (QED) is 0.731. The summed E-state index contributed by atoms with van der Waals surface area (Å²) < 4.78 is 11.7. The molecule has 0 aromatic rings. The summed E-state index contributed by atoms with van der Waals surface area (Å²) in [4.78, 5) is 24.3. The maximum absolute atomic E-state index is 12.2. The number of allylic oxidation sites excluding steroid dienone is 1. The van der Waals surface area contributed by atoms with Crippen molar-refractivity contribution in [2.24, 2.45) is 23.2 Å². The van der Waals surface area contributed by atoms with E-state index in [0.29, 0.717) is 27.6 Å². The SMILES string of the molecule is C/C=C/[B-]12OC(=O)C[N+]1([C@@H]1C[C@@H]3C[C@H]([C@H]1C)C3(C)C)CC(=O)O2. The first-order chi connectivity index (χ1) is 10.8. The molecule has 5 fully saturated rings. The van der Waals surface area contributed by atoms with Crippen molar-refractivity contribution in [1.29, 1.82) is 0 Å². The van der Waals surface area contributed by atoms with Crippen LogP contribution in [0.1, 0.15) is 40.5 Å². The molecule has 2 heterocycles. The third-order valence-electron chi connectivity index (χ3n) is 7.57. The van der Waals surface area contributed by atoms with Crippen LogP contribution in [-0.2, 0) is 18.9 Å². The predicted octanol–water partition coefficient (Wildman–Crippen LogP) is 2.04. The molecule has 0 N–H and O–H groups in total. The Morgan fingerprint density at radius 2 is 1.78 bits per heavy atom. The minimum Gasteiger partial charge on any atom is -0.596 e. The molecule has 5 aliphatic rings. The van der Waals surface area contributed by atoms with E-state index in [1.165, 1.54) is 6.42 Å². The van der Waals surface area contributed by atoms with Gasteiger partial charge in [-0.15, -0.1) is 6.08 Å². The summed E-state index contributed by atoms with van der Waals surface area (Å²) in [5, 5.41) is 0. The van der Waals surface area contributed by atoms with E-state index in [9.17, 15) is 9.59 Å². The Balaban J connectivity index is 1.77. The van der Waals surface area contributed by atoms with Crippen LogP contribution in [0.25, 0.3) is 0 Å². The molecule has 5 nitrogen and oxygen atoms in total. The molecule has 0 aromatic heterocycles. The molecule has 0 radical (unpaired) electrons. The van der Waals surface area contributed by atoms with Gasteiger partial charge in [0.05, 0.1) is 6.04 Å². The monoisotopic (exact) mass is 319 g/mol. The minimum atomic E-state index is -2.03. The smallest absolute Gasteiger partial charge is 0.596 e. The molecular formula is C17H26BNO4. The Kier molecular flexibility index (Phi) is 2.92. The second-order valence-corrected chi connectivity index (χ2v) is 8.68. The molecule has 0 spiro atoms. The molecule has 2 saturated heterocycles. The maximum atomic E-state index is 12.2. The van der Waals surface area contributed by atoms with Gasteiger partial charge >= 0.3 is 18.6 Å². The third kappa shape index (κ3) is 1.68. The average Bonchev–Trinajstić information content (AvgIpc) is 2.84. The number of hydrogen-bond donors (Lipinski definition) is 0. The lowest BCUT2D eigenvalue weighted by atomic mass is 9.43. The highest BCUT2D eigenvalue weighted by Crippen LogP contribution is 2.64. The molecule has 126 valence electrons. The molecule has 23 heavy (non-hydrogen) atoms. The fraction of sp³-hybridized carbons (Fsp3) is 0.765. The Hall–Kier alpha value is -1.30. The zero-order valence-corrected chi connectivity index (χ0v) is 14.5. The van der Waals surface area contributed by atoms with E-state index in [4.69, 9.17) is 9.31 Å². The topological polar surface area (TPSA) is 52.6 Å². The molecule has 3 saturated carbocycles. The average molecular weight is 319 g/mol. The molecule has 0 amide bonds. The highest BCUT2D eigenvalue weighted by atomic mass is 16.7. The molecule has 6 heteroatoms. The van der Waals surface area contributed by atoms with Crippen LogP contribution in [0.15, 0.2) is 12.1 Å². The second-order valence-electron chi connectivity index (χ2n) is 8.68. The lowest BCUT2D eigenvalue weighted by Crippen LogP contribution is -2.73. The van der Waals surface area contributed by atoms with Crippen LogP contribution >= 0.6 is 0 Å².